The zero-order chi connectivity index (χ0) is 15.0. The summed E-state index contributed by atoms with van der Waals surface area (Å²) in [6.45, 7) is 6.22. The fraction of sp³-hybridized carbons (Fsp3) is 0.350. The SMILES string of the molecule is CC(=O)c1ccc2c(c1)C(C)(C)CCC2c1ccccc1. The van der Waals surface area contributed by atoms with Crippen LogP contribution in [0.4, 0.5) is 0 Å². The number of ketones is 1. The second-order valence-corrected chi connectivity index (χ2v) is 6.74. The second-order valence-electron chi connectivity index (χ2n) is 6.74. The molecule has 2 aromatic carbocycles. The van der Waals surface area contributed by atoms with Gasteiger partial charge in [-0.15, -0.1) is 0 Å². The summed E-state index contributed by atoms with van der Waals surface area (Å²) in [5, 5.41) is 0. The van der Waals surface area contributed by atoms with Crippen LogP contribution in [0.5, 0.6) is 0 Å². The summed E-state index contributed by atoms with van der Waals surface area (Å²) in [4.78, 5) is 11.7. The van der Waals surface area contributed by atoms with Crippen molar-refractivity contribution in [2.75, 3.05) is 0 Å². The van der Waals surface area contributed by atoms with Crippen LogP contribution in [0, 0.1) is 0 Å². The van der Waals surface area contributed by atoms with E-state index in [0.29, 0.717) is 5.92 Å². The van der Waals surface area contributed by atoms with Gasteiger partial charge in [-0.25, -0.2) is 0 Å². The van der Waals surface area contributed by atoms with Crippen LogP contribution in [0.25, 0.3) is 0 Å². The van der Waals surface area contributed by atoms with Gasteiger partial charge < -0.3 is 0 Å². The highest BCUT2D eigenvalue weighted by molar-refractivity contribution is 5.94. The van der Waals surface area contributed by atoms with Gasteiger partial charge in [0.2, 0.25) is 0 Å². The zero-order valence-electron chi connectivity index (χ0n) is 13.0. The molecule has 1 nitrogen and oxygen atoms in total. The number of carbonyl (C=O) groups is 1. The Kier molecular flexibility index (Phi) is 3.44. The van der Waals surface area contributed by atoms with Crippen molar-refractivity contribution in [3.8, 4) is 0 Å². The van der Waals surface area contributed by atoms with E-state index in [2.05, 4.69) is 56.3 Å². The third kappa shape index (κ3) is 2.53. The van der Waals surface area contributed by atoms with Crippen molar-refractivity contribution in [2.24, 2.45) is 0 Å². The van der Waals surface area contributed by atoms with Gasteiger partial charge in [-0.3, -0.25) is 4.79 Å². The van der Waals surface area contributed by atoms with Gasteiger partial charge in [0.1, 0.15) is 0 Å². The van der Waals surface area contributed by atoms with Crippen LogP contribution >= 0.6 is 0 Å². The van der Waals surface area contributed by atoms with Gasteiger partial charge >= 0.3 is 0 Å². The van der Waals surface area contributed by atoms with Crippen LogP contribution in [-0.4, -0.2) is 5.78 Å². The first-order valence-corrected chi connectivity index (χ1v) is 7.69. The number of fused-ring (bicyclic) bond motifs is 1. The molecule has 1 unspecified atom stereocenters. The molecule has 0 saturated carbocycles. The number of rotatable bonds is 2. The standard InChI is InChI=1S/C20H22O/c1-14(21)16-9-10-18-17(15-7-5-4-6-8-15)11-12-20(2,3)19(18)13-16/h4-10,13,17H,11-12H2,1-3H3. The number of hydrogen-bond donors (Lipinski definition) is 0. The maximum absolute atomic E-state index is 11.7. The van der Waals surface area contributed by atoms with Crippen LogP contribution in [0.15, 0.2) is 48.5 Å². The van der Waals surface area contributed by atoms with Crippen molar-refractivity contribution in [3.63, 3.8) is 0 Å². The molecule has 0 aromatic heterocycles. The first kappa shape index (κ1) is 14.1. The Bertz CT molecular complexity index is 667. The van der Waals surface area contributed by atoms with E-state index in [9.17, 15) is 4.79 Å². The van der Waals surface area contributed by atoms with Crippen molar-refractivity contribution in [3.05, 3.63) is 70.8 Å². The normalized spacial score (nSPS) is 19.9. The summed E-state index contributed by atoms with van der Waals surface area (Å²) in [6, 6.07) is 17.0. The van der Waals surface area contributed by atoms with Crippen molar-refractivity contribution in [2.45, 2.75) is 44.9 Å². The van der Waals surface area contributed by atoms with Crippen molar-refractivity contribution < 1.29 is 4.79 Å². The van der Waals surface area contributed by atoms with Crippen molar-refractivity contribution in [1.82, 2.24) is 0 Å². The summed E-state index contributed by atoms with van der Waals surface area (Å²) in [6.07, 6.45) is 2.32. The highest BCUT2D eigenvalue weighted by Crippen LogP contribution is 2.45. The Balaban J connectivity index is 2.13. The van der Waals surface area contributed by atoms with Gasteiger partial charge in [-0.1, -0.05) is 56.3 Å². The average Bonchev–Trinajstić information content (AvgIpc) is 2.48. The first-order valence-electron chi connectivity index (χ1n) is 7.69. The number of Topliss-reactive ketones (excluding diaryl/α,β-unsaturated/α-hetero) is 1. The molecule has 0 aliphatic heterocycles. The van der Waals surface area contributed by atoms with E-state index in [0.717, 1.165) is 12.0 Å². The smallest absolute Gasteiger partial charge is 0.159 e. The minimum absolute atomic E-state index is 0.145. The summed E-state index contributed by atoms with van der Waals surface area (Å²) in [7, 11) is 0. The quantitative estimate of drug-likeness (QED) is 0.699. The Labute approximate surface area is 127 Å². The first-order chi connectivity index (χ1) is 9.99. The molecule has 21 heavy (non-hydrogen) atoms. The molecule has 0 bridgehead atoms. The maximum Gasteiger partial charge on any atom is 0.159 e. The van der Waals surface area contributed by atoms with E-state index in [1.807, 2.05) is 6.07 Å². The van der Waals surface area contributed by atoms with Crippen LogP contribution in [0.1, 0.15) is 66.6 Å². The predicted octanol–water partition coefficient (Wildman–Crippen LogP) is 5.09. The van der Waals surface area contributed by atoms with Crippen LogP contribution in [-0.2, 0) is 5.41 Å². The van der Waals surface area contributed by atoms with E-state index in [-0.39, 0.29) is 11.2 Å². The van der Waals surface area contributed by atoms with E-state index in [1.54, 1.807) is 6.92 Å². The summed E-state index contributed by atoms with van der Waals surface area (Å²) in [5.74, 6) is 0.602. The fourth-order valence-corrected chi connectivity index (χ4v) is 3.49. The molecular weight excluding hydrogens is 256 g/mol. The molecule has 3 rings (SSSR count). The number of carbonyl (C=O) groups excluding carboxylic acids is 1. The third-order valence-corrected chi connectivity index (χ3v) is 4.82. The highest BCUT2D eigenvalue weighted by atomic mass is 16.1. The average molecular weight is 278 g/mol. The van der Waals surface area contributed by atoms with Gasteiger partial charge in [-0.05, 0) is 47.9 Å². The monoisotopic (exact) mass is 278 g/mol. The molecule has 0 heterocycles. The largest absolute Gasteiger partial charge is 0.295 e. The van der Waals surface area contributed by atoms with Gasteiger partial charge in [0.05, 0.1) is 0 Å². The van der Waals surface area contributed by atoms with E-state index >= 15 is 0 Å². The Morgan fingerprint density at radius 1 is 1.10 bits per heavy atom. The molecule has 1 aliphatic carbocycles. The van der Waals surface area contributed by atoms with Gasteiger partial charge in [-0.2, -0.15) is 0 Å². The van der Waals surface area contributed by atoms with Crippen molar-refractivity contribution in [1.29, 1.82) is 0 Å². The van der Waals surface area contributed by atoms with Crippen molar-refractivity contribution >= 4 is 5.78 Å². The minimum Gasteiger partial charge on any atom is -0.295 e. The summed E-state index contributed by atoms with van der Waals surface area (Å²) in [5.41, 5.74) is 5.09. The van der Waals surface area contributed by atoms with Crippen LogP contribution in [0.3, 0.4) is 0 Å². The topological polar surface area (TPSA) is 17.1 Å². The number of benzene rings is 2. The van der Waals surface area contributed by atoms with Crippen LogP contribution in [0.2, 0.25) is 0 Å². The molecule has 0 saturated heterocycles. The van der Waals surface area contributed by atoms with E-state index in [1.165, 1.54) is 23.1 Å². The molecule has 0 spiro atoms. The third-order valence-electron chi connectivity index (χ3n) is 4.82. The maximum atomic E-state index is 11.7. The Morgan fingerprint density at radius 3 is 2.48 bits per heavy atom. The molecule has 0 N–H and O–H groups in total. The lowest BCUT2D eigenvalue weighted by Gasteiger charge is -2.37. The molecule has 1 heteroatoms. The lowest BCUT2D eigenvalue weighted by molar-refractivity contribution is 0.101. The van der Waals surface area contributed by atoms with E-state index < -0.39 is 0 Å². The van der Waals surface area contributed by atoms with Gasteiger partial charge in [0.15, 0.2) is 5.78 Å². The zero-order valence-corrected chi connectivity index (χ0v) is 13.0. The molecule has 0 fully saturated rings. The predicted molar refractivity (Wildman–Crippen MR) is 87.0 cm³/mol. The fourth-order valence-electron chi connectivity index (χ4n) is 3.49. The lowest BCUT2D eigenvalue weighted by atomic mass is 9.67. The minimum atomic E-state index is 0.145. The lowest BCUT2D eigenvalue weighted by Crippen LogP contribution is -2.27. The Hall–Kier alpha value is -1.89. The Morgan fingerprint density at radius 2 is 1.81 bits per heavy atom. The molecule has 0 amide bonds. The molecule has 1 atom stereocenters. The highest BCUT2D eigenvalue weighted by Gasteiger charge is 2.33. The molecule has 1 aliphatic rings. The molecular formula is C20H22O. The van der Waals surface area contributed by atoms with E-state index in [4.69, 9.17) is 0 Å². The summed E-state index contributed by atoms with van der Waals surface area (Å²) < 4.78 is 0. The molecule has 0 radical (unpaired) electrons. The molecule has 108 valence electrons. The van der Waals surface area contributed by atoms with Gasteiger partial charge in [0, 0.05) is 11.5 Å². The summed E-state index contributed by atoms with van der Waals surface area (Å²) >= 11 is 0. The second kappa shape index (κ2) is 5.14. The van der Waals surface area contributed by atoms with Crippen LogP contribution < -0.4 is 0 Å². The number of hydrogen-bond acceptors (Lipinski definition) is 1. The molecule has 2 aromatic rings. The van der Waals surface area contributed by atoms with Gasteiger partial charge in [0.25, 0.3) is 0 Å².